The zero-order chi connectivity index (χ0) is 95.1. The third kappa shape index (κ3) is 78.6. The number of hydrogen-bond donors (Lipinski definition) is 1. The molecule has 64 heteroatoms. The van der Waals surface area contributed by atoms with Gasteiger partial charge in [-0.25, -0.2) is 27.0 Å². The van der Waals surface area contributed by atoms with Crippen LogP contribution in [0.4, 0.5) is 32.6 Å². The van der Waals surface area contributed by atoms with E-state index in [9.17, 15) is 79.6 Å². The molecule has 137 heavy (non-hydrogen) atoms. The smallest absolute Gasteiger partial charge is 0.390 e. The van der Waals surface area contributed by atoms with E-state index in [-0.39, 0.29) is 289 Å². The molecule has 4 saturated heterocycles. The van der Waals surface area contributed by atoms with Crippen molar-refractivity contribution in [3.63, 3.8) is 0 Å². The van der Waals surface area contributed by atoms with Gasteiger partial charge < -0.3 is 60.3 Å². The van der Waals surface area contributed by atoms with Crippen LogP contribution in [-0.2, 0) is 74.4 Å². The molecular formula is C73H122Cl2F2I21N17O19S3. The van der Waals surface area contributed by atoms with Gasteiger partial charge in [-0.05, 0) is 186 Å². The third-order valence-corrected chi connectivity index (χ3v) is 20.8. The van der Waals surface area contributed by atoms with Crippen LogP contribution in [0.1, 0.15) is 138 Å². The Bertz CT molecular complexity index is 4320. The molecule has 4 atom stereocenters. The molecule has 0 radical (unpaired) electrons. The summed E-state index contributed by atoms with van der Waals surface area (Å²) < 4.78 is 119. The number of imidazole rings is 4. The van der Waals surface area contributed by atoms with Crippen molar-refractivity contribution in [2.45, 2.75) is 207 Å². The van der Waals surface area contributed by atoms with Gasteiger partial charge in [0, 0.05) is 213 Å². The van der Waals surface area contributed by atoms with Gasteiger partial charge in [0.05, 0.1) is 51.3 Å². The molecule has 806 valence electrons. The number of benzene rings is 3. The van der Waals surface area contributed by atoms with E-state index in [0.29, 0.717) is 19.6 Å². The first-order valence-electron chi connectivity index (χ1n) is 36.6. The van der Waals surface area contributed by atoms with E-state index in [1.54, 1.807) is 56.3 Å². The summed E-state index contributed by atoms with van der Waals surface area (Å²) in [4.78, 5) is 63.8. The summed E-state index contributed by atoms with van der Waals surface area (Å²) in [7, 11) is -12.9. The SMILES string of the molecule is C.C.C.C.C.CC#N.Cc1ccc(S(=O)(=O)OC(CN2CCCCC2)Cn2ccnc2[N+](=O)[O-])cc1.Cc1ccc(S(=O)(=O)OOOS(=O)(=O)c2ccc(C)cc2)cc1.ClCCl.I.I.I.I.I.I.I.II.II.II.II.II.II(I)I.O=[N+]([O-])c1nccn1CC(CF)N1CCCCC1.O=[N+]([O-])c1nccn1CC(F)CN1CCCCC1.O=[N+]([O-])c1nccn1CC(O)CN1CCCCC1. The number of piperidine rings is 4. The fourth-order valence-corrected chi connectivity index (χ4v) is 14.3. The van der Waals surface area contributed by atoms with Crippen molar-refractivity contribution in [1.29, 1.82) is 5.26 Å². The van der Waals surface area contributed by atoms with Crippen LogP contribution >= 0.6 is 441 Å². The number of aliphatic hydroxyl groups excluding tert-OH is 1. The number of aliphatic hydroxyl groups is 1. The Labute approximate surface area is 1090 Å². The number of nitriles is 1. The molecule has 0 spiro atoms. The summed E-state index contributed by atoms with van der Waals surface area (Å²) in [5.41, 5.74) is 2.64. The van der Waals surface area contributed by atoms with Gasteiger partial charge in [-0.15, -0.1) is 191 Å². The van der Waals surface area contributed by atoms with Crippen LogP contribution in [0.3, 0.4) is 0 Å². The minimum Gasteiger partial charge on any atom is -0.390 e. The first-order valence-corrected chi connectivity index (χ1v) is 92.2. The molecule has 4 aliphatic rings. The Morgan fingerprint density at radius 2 is 0.679 bits per heavy atom. The molecule has 0 amide bonds. The minimum absolute atomic E-state index is 0. The molecule has 0 bridgehead atoms. The fourth-order valence-electron chi connectivity index (χ4n) is 11.9. The number of nitro groups is 4. The van der Waals surface area contributed by atoms with E-state index in [0.717, 1.165) is 127 Å². The molecule has 36 nitrogen and oxygen atoms in total. The average molecular weight is 4410 g/mol. The van der Waals surface area contributed by atoms with Gasteiger partial charge in [-0.2, -0.15) is 30.5 Å². The second-order valence-corrected chi connectivity index (χ2v) is 80.1. The second-order valence-electron chi connectivity index (χ2n) is 26.0. The summed E-state index contributed by atoms with van der Waals surface area (Å²) in [5.74, 6) is -1.06. The van der Waals surface area contributed by atoms with Crippen molar-refractivity contribution in [2.24, 2.45) is 0 Å². The van der Waals surface area contributed by atoms with Crippen molar-refractivity contribution in [3.05, 3.63) is 180 Å². The molecule has 4 fully saturated rings. The summed E-state index contributed by atoms with van der Waals surface area (Å²) in [6, 6.07) is 19.3. The predicted octanol–water partition coefficient (Wildman–Crippen LogP) is 30.3. The van der Waals surface area contributed by atoms with Gasteiger partial charge >= 0.3 is 108 Å². The summed E-state index contributed by atoms with van der Waals surface area (Å²) in [6.45, 7) is 15.5. The molecule has 8 heterocycles. The second kappa shape index (κ2) is 107. The van der Waals surface area contributed by atoms with E-state index in [1.165, 1.54) is 130 Å². The summed E-state index contributed by atoms with van der Waals surface area (Å²) in [6.07, 6.45) is 22.5. The number of halogens is 25. The van der Waals surface area contributed by atoms with E-state index in [1.807, 2.05) is 6.92 Å². The number of aryl methyl sites for hydroxylation is 3. The first kappa shape index (κ1) is 174. The van der Waals surface area contributed by atoms with Crippen molar-refractivity contribution < 1.29 is 76.7 Å². The predicted molar refractivity (Wildman–Crippen MR) is 741 cm³/mol. The fraction of sp³-hybridized carbons (Fsp3) is 0.575. The van der Waals surface area contributed by atoms with E-state index in [4.69, 9.17) is 32.6 Å². The van der Waals surface area contributed by atoms with Gasteiger partial charge in [0.1, 0.15) is 81.6 Å². The van der Waals surface area contributed by atoms with Gasteiger partial charge in [0.2, 0.25) is 0 Å². The van der Waals surface area contributed by atoms with Gasteiger partial charge in [0.15, 0.2) is 0 Å². The van der Waals surface area contributed by atoms with Gasteiger partial charge in [-0.3, -0.25) is 9.08 Å². The third-order valence-electron chi connectivity index (χ3n) is 17.3. The van der Waals surface area contributed by atoms with Crippen molar-refractivity contribution >= 4 is 495 Å². The largest absolute Gasteiger partial charge is 0.434 e. The molecule has 1 N–H and O–H groups in total. The van der Waals surface area contributed by atoms with Crippen molar-refractivity contribution in [2.75, 3.05) is 84.0 Å². The Hall–Kier alpha value is 6.85. The molecule has 0 aliphatic carbocycles. The quantitative estimate of drug-likeness (QED) is 0.0114. The first-order chi connectivity index (χ1) is 59.7. The Morgan fingerprint density at radius 1 is 0.438 bits per heavy atom. The molecule has 11 rings (SSSR count). The van der Waals surface area contributed by atoms with Crippen molar-refractivity contribution in [1.82, 2.24) is 57.8 Å². The maximum atomic E-state index is 13.9. The van der Waals surface area contributed by atoms with Crippen LogP contribution in [0.25, 0.3) is 0 Å². The topological polar surface area (TPSA) is 440 Å². The minimum atomic E-state index is -4.30. The summed E-state index contributed by atoms with van der Waals surface area (Å²) >= 11 is 38.1. The molecule has 4 aliphatic heterocycles. The number of aromatic nitrogens is 8. The molecule has 0 saturated carbocycles. The van der Waals surface area contributed by atoms with Crippen LogP contribution in [0.2, 0.25) is 0 Å². The van der Waals surface area contributed by atoms with Crippen molar-refractivity contribution in [3.8, 4) is 6.07 Å². The monoisotopic (exact) mass is 4410 g/mol. The number of nitrogens with zero attached hydrogens (tertiary/aromatic N) is 17. The maximum absolute atomic E-state index is 13.9. The van der Waals surface area contributed by atoms with E-state index in [2.05, 4.69) is 295 Å². The normalized spacial score (nSPS) is 13.6. The number of likely N-dealkylation sites (tertiary alicyclic amines) is 4. The number of alkyl halides is 4. The number of hydrogen-bond acceptors (Lipinski definition) is 28. The van der Waals surface area contributed by atoms with Gasteiger partial charge in [-0.1, -0.05) is 145 Å². The molecule has 7 aromatic rings. The molecule has 4 unspecified atom stereocenters. The maximum Gasteiger partial charge on any atom is 0.434 e. The van der Waals surface area contributed by atoms with Crippen LogP contribution in [0.15, 0.2) is 137 Å². The van der Waals surface area contributed by atoms with Crippen LogP contribution in [-0.4, -0.2) is 216 Å². The summed E-state index contributed by atoms with van der Waals surface area (Å²) in [5, 5.41) is 64.7. The molecule has 3 aromatic carbocycles. The Morgan fingerprint density at radius 3 is 0.956 bits per heavy atom. The number of β-amino-alcohol motifs (C(OH)–C–C–N with tert-alkyl or cyclic N) is 1. The Balaban J connectivity index is -0.000000108. The van der Waals surface area contributed by atoms with Crippen LogP contribution in [0, 0.1) is 72.6 Å². The average Bonchev–Trinajstić information content (AvgIpc) is 1.79. The molecular weight excluding hydrogens is 4290 g/mol. The number of rotatable bonds is 29. The zero-order valence-electron chi connectivity index (χ0n) is 70.1. The van der Waals surface area contributed by atoms with E-state index >= 15 is 0 Å². The zero-order valence-corrected chi connectivity index (χ0v) is 121. The van der Waals surface area contributed by atoms with Crippen LogP contribution < -0.4 is 0 Å². The molecule has 4 aromatic heterocycles. The van der Waals surface area contributed by atoms with Gasteiger partial charge in [0.25, 0.3) is 10.1 Å². The van der Waals surface area contributed by atoms with E-state index < -0.39 is 75.1 Å². The Kier molecular flexibility index (Phi) is 136. The van der Waals surface area contributed by atoms with Crippen LogP contribution in [0.5, 0.6) is 0 Å². The standard InChI is InChI=1S/C18H24N4O5S.C14H14O7S2.2C11H17FN4O2.C11H18N4O3.C2H3N.CH2Cl2.5CH4.I4.5I2.7HI/c1-15-5-7-17(8-6-15)28(25,26)27-16(13-20-10-3-2-4-11-20)14-21-12-9-19-18(21)22(23)24;1-11-3-7-13(8-4-11)22(15,16)20-19-21-23(17,18)14-9-5-12(2)6-10-14;12-10(8-14-5-2-1-3-6-14)9-15-7-4-13-11(15)16(17)18;12-8-10(14-5-2-1-3-6-14)9-15-7-4-13-11(15)16(17)18;16-10(8-13-5-2-1-3-6-13)9-14-7-4-12-11(14)15(17)18;1-2-3;2-1-3;;;;;;1-4(2)3;5*1-2;;;;;;;/h5-9,12,16H,2-4,10-11,13-14H2,1H3;3-10H,1-2H3;2*4,7,10H,1-3,5-6,8-9H2;4,7,10,16H,1-3,5-6,8-9H2;1H3;1H2;5*1H4;;;;;;;7*1H.